The van der Waals surface area contributed by atoms with Crippen LogP contribution in [0.5, 0.6) is 0 Å². The number of hydrogen-bond acceptors (Lipinski definition) is 1. The lowest BCUT2D eigenvalue weighted by Crippen LogP contribution is -2.25. The van der Waals surface area contributed by atoms with Crippen molar-refractivity contribution in [1.29, 1.82) is 0 Å². The molecule has 7 aromatic rings. The van der Waals surface area contributed by atoms with Crippen molar-refractivity contribution in [2.45, 2.75) is 19.3 Å². The molecule has 2 aliphatic carbocycles. The van der Waals surface area contributed by atoms with Crippen molar-refractivity contribution in [2.75, 3.05) is 0 Å². The first-order valence-corrected chi connectivity index (χ1v) is 14.2. The lowest BCUT2D eigenvalue weighted by Gasteiger charge is -2.30. The van der Waals surface area contributed by atoms with E-state index in [1.165, 1.54) is 55.6 Å². The van der Waals surface area contributed by atoms with Crippen LogP contribution in [0.4, 0.5) is 0 Å². The Morgan fingerprint density at radius 1 is 0.400 bits per heavy atom. The van der Waals surface area contributed by atoms with E-state index in [0.717, 1.165) is 21.9 Å². The van der Waals surface area contributed by atoms with E-state index in [0.29, 0.717) is 0 Å². The molecule has 0 saturated carbocycles. The fraction of sp³-hybridized carbons (Fsp3) is 0.0769. The lowest BCUT2D eigenvalue weighted by atomic mass is 9.70. The van der Waals surface area contributed by atoms with Crippen LogP contribution in [0.15, 0.2) is 138 Å². The van der Waals surface area contributed by atoms with Crippen molar-refractivity contribution in [2.24, 2.45) is 0 Å². The molecule has 0 aliphatic heterocycles. The van der Waals surface area contributed by atoms with Crippen LogP contribution >= 0.6 is 0 Å². The number of para-hydroxylation sites is 1. The van der Waals surface area contributed by atoms with Gasteiger partial charge in [-0.3, -0.25) is 0 Å². The summed E-state index contributed by atoms with van der Waals surface area (Å²) >= 11 is 0. The summed E-state index contributed by atoms with van der Waals surface area (Å²) in [6.45, 7) is 4.00. The van der Waals surface area contributed by atoms with Crippen LogP contribution in [-0.2, 0) is 5.41 Å². The Hall–Kier alpha value is -4.88. The van der Waals surface area contributed by atoms with Crippen molar-refractivity contribution in [3.63, 3.8) is 0 Å². The Kier molecular flexibility index (Phi) is 4.93. The quantitative estimate of drug-likeness (QED) is 0.213. The summed E-state index contributed by atoms with van der Waals surface area (Å²) in [6.07, 6.45) is 0. The molecule has 0 saturated heterocycles. The molecule has 40 heavy (non-hydrogen) atoms. The molecule has 1 nitrogen and oxygen atoms in total. The fourth-order valence-corrected chi connectivity index (χ4v) is 7.18. The van der Waals surface area contributed by atoms with Gasteiger partial charge in [0.15, 0.2) is 0 Å². The van der Waals surface area contributed by atoms with E-state index in [1.54, 1.807) is 0 Å². The first-order chi connectivity index (χ1) is 19.8. The van der Waals surface area contributed by atoms with Crippen LogP contribution in [0.2, 0.25) is 0 Å². The van der Waals surface area contributed by atoms with Gasteiger partial charge in [-0.25, -0.2) is 0 Å². The zero-order valence-corrected chi connectivity index (χ0v) is 22.6. The average molecular weight is 513 g/mol. The minimum atomic E-state index is -0.289. The van der Waals surface area contributed by atoms with Crippen molar-refractivity contribution >= 4 is 21.9 Å². The van der Waals surface area contributed by atoms with Crippen LogP contribution in [0.25, 0.3) is 55.3 Å². The van der Waals surface area contributed by atoms with Gasteiger partial charge in [0.1, 0.15) is 11.2 Å². The third kappa shape index (κ3) is 2.87. The molecule has 1 aromatic heterocycles. The summed E-state index contributed by atoms with van der Waals surface area (Å²) in [5.41, 5.74) is 14.8. The molecular weight excluding hydrogens is 484 g/mol. The molecule has 1 heterocycles. The largest absolute Gasteiger partial charge is 0.456 e. The van der Waals surface area contributed by atoms with E-state index in [4.69, 9.17) is 4.42 Å². The molecule has 2 aliphatic rings. The average Bonchev–Trinajstić information content (AvgIpc) is 3.65. The van der Waals surface area contributed by atoms with E-state index >= 15 is 0 Å². The molecular formula is C39H28O. The molecule has 6 aromatic carbocycles. The molecule has 190 valence electrons. The molecule has 0 unspecified atom stereocenters. The third-order valence-corrected chi connectivity index (χ3v) is 8.71. The van der Waals surface area contributed by atoms with Gasteiger partial charge in [0.25, 0.3) is 0 Å². The van der Waals surface area contributed by atoms with E-state index in [1.807, 2.05) is 26.0 Å². The van der Waals surface area contributed by atoms with Crippen LogP contribution in [-0.4, -0.2) is 0 Å². The maximum absolute atomic E-state index is 6.09. The molecule has 0 N–H and O–H groups in total. The van der Waals surface area contributed by atoms with Crippen molar-refractivity contribution in [3.05, 3.63) is 156 Å². The molecule has 0 atom stereocenters. The lowest BCUT2D eigenvalue weighted by molar-refractivity contribution is 0.669. The Morgan fingerprint density at radius 3 is 1.55 bits per heavy atom. The first-order valence-electron chi connectivity index (χ1n) is 14.2. The van der Waals surface area contributed by atoms with Crippen molar-refractivity contribution < 1.29 is 4.42 Å². The van der Waals surface area contributed by atoms with E-state index in [-0.39, 0.29) is 5.41 Å². The molecule has 0 amide bonds. The fourth-order valence-electron chi connectivity index (χ4n) is 7.18. The Morgan fingerprint density at radius 2 is 0.875 bits per heavy atom. The van der Waals surface area contributed by atoms with Gasteiger partial charge in [-0.2, -0.15) is 0 Å². The second-order valence-corrected chi connectivity index (χ2v) is 10.5. The first kappa shape index (κ1) is 23.0. The maximum atomic E-state index is 6.09. The number of rotatable bonds is 1. The van der Waals surface area contributed by atoms with E-state index in [9.17, 15) is 0 Å². The third-order valence-electron chi connectivity index (χ3n) is 8.71. The van der Waals surface area contributed by atoms with Gasteiger partial charge in [0, 0.05) is 10.8 Å². The summed E-state index contributed by atoms with van der Waals surface area (Å²) in [4.78, 5) is 0. The minimum Gasteiger partial charge on any atom is -0.456 e. The highest BCUT2D eigenvalue weighted by molar-refractivity contribution is 6.06. The smallest absolute Gasteiger partial charge is 0.135 e. The minimum absolute atomic E-state index is 0.289. The van der Waals surface area contributed by atoms with Gasteiger partial charge in [-0.1, -0.05) is 123 Å². The maximum Gasteiger partial charge on any atom is 0.135 e. The molecule has 0 bridgehead atoms. The second-order valence-electron chi connectivity index (χ2n) is 10.5. The zero-order valence-electron chi connectivity index (χ0n) is 22.6. The van der Waals surface area contributed by atoms with Crippen LogP contribution < -0.4 is 0 Å². The molecule has 1 spiro atoms. The Balaban J connectivity index is 0.00000120. The van der Waals surface area contributed by atoms with Crippen LogP contribution in [0.1, 0.15) is 36.1 Å². The van der Waals surface area contributed by atoms with Gasteiger partial charge >= 0.3 is 0 Å². The molecule has 0 fully saturated rings. The van der Waals surface area contributed by atoms with E-state index in [2.05, 4.69) is 121 Å². The number of furan rings is 1. The van der Waals surface area contributed by atoms with Crippen molar-refractivity contribution in [1.82, 2.24) is 0 Å². The van der Waals surface area contributed by atoms with Crippen molar-refractivity contribution in [3.8, 4) is 33.4 Å². The van der Waals surface area contributed by atoms with Gasteiger partial charge in [-0.05, 0) is 79.9 Å². The number of benzene rings is 6. The normalized spacial score (nSPS) is 13.4. The monoisotopic (exact) mass is 512 g/mol. The highest BCUT2D eigenvalue weighted by Gasteiger charge is 2.51. The Bertz CT molecular complexity index is 2050. The molecule has 9 rings (SSSR count). The summed E-state index contributed by atoms with van der Waals surface area (Å²) in [5.74, 6) is 0. The molecule has 0 radical (unpaired) electrons. The Labute approximate surface area is 234 Å². The predicted molar refractivity (Wildman–Crippen MR) is 167 cm³/mol. The van der Waals surface area contributed by atoms with E-state index < -0.39 is 0 Å². The van der Waals surface area contributed by atoms with Gasteiger partial charge in [-0.15, -0.1) is 0 Å². The highest BCUT2D eigenvalue weighted by Crippen LogP contribution is 2.62. The molecule has 1 heteroatoms. The number of hydrogen-bond donors (Lipinski definition) is 0. The predicted octanol–water partition coefficient (Wildman–Crippen LogP) is 10.6. The second kappa shape index (κ2) is 8.56. The summed E-state index contributed by atoms with van der Waals surface area (Å²) < 4.78 is 6.09. The zero-order chi connectivity index (χ0) is 26.8. The van der Waals surface area contributed by atoms with Crippen LogP contribution in [0, 0.1) is 0 Å². The highest BCUT2D eigenvalue weighted by atomic mass is 16.3. The number of fused-ring (bicyclic) bond motifs is 13. The van der Waals surface area contributed by atoms with Gasteiger partial charge in [0.2, 0.25) is 0 Å². The van der Waals surface area contributed by atoms with Crippen LogP contribution in [0.3, 0.4) is 0 Å². The standard InChI is InChI=1S/C37H22O.C2H6/c1-5-13-31-25(9-1)26-10-2-6-14-32(26)37(31)33-15-7-3-11-27(33)29-21-23(17-19-34(29)37)24-18-20-36-30(22-24)28-12-4-8-16-35(28)38-36;1-2/h1-22H;1-2H3. The summed E-state index contributed by atoms with van der Waals surface area (Å²) in [6, 6.07) is 48.8. The summed E-state index contributed by atoms with van der Waals surface area (Å²) in [5, 5.41) is 2.32. The summed E-state index contributed by atoms with van der Waals surface area (Å²) in [7, 11) is 0. The SMILES string of the molecule is CC.c1ccc2c(c1)-c1ccccc1C21c2ccccc2-c2cc(-c3ccc4oc5ccccc5c4c3)ccc21. The van der Waals surface area contributed by atoms with Gasteiger partial charge < -0.3 is 4.42 Å². The van der Waals surface area contributed by atoms with Gasteiger partial charge in [0.05, 0.1) is 5.41 Å². The topological polar surface area (TPSA) is 13.1 Å².